The molecule has 38 heavy (non-hydrogen) atoms. The lowest BCUT2D eigenvalue weighted by molar-refractivity contribution is 0.0531. The standard InChI is InChI=1S/C29H33N7O2/c1-18-9-10-36-25(15-30-27(36)13-18)20-5-6-22(28-21(20)14-31-29(28)37)32-26-8-7-24(23(33-26)17-34(3)4)35-11-12-38-19(2)16-35/h5-10,13,15,19H,11-12,14,16-17H2,1-4H3,(H,31,37)(H,32,33)/t19-/m1/s1. The molecule has 1 fully saturated rings. The van der Waals surface area contributed by atoms with Gasteiger partial charge in [-0.15, -0.1) is 0 Å². The molecule has 1 atom stereocenters. The lowest BCUT2D eigenvalue weighted by Gasteiger charge is -2.34. The molecule has 1 aromatic carbocycles. The molecule has 6 rings (SSSR count). The average molecular weight is 512 g/mol. The Morgan fingerprint density at radius 1 is 1.21 bits per heavy atom. The summed E-state index contributed by atoms with van der Waals surface area (Å²) < 4.78 is 7.81. The minimum atomic E-state index is -0.0820. The van der Waals surface area contributed by atoms with Crippen molar-refractivity contribution in [1.82, 2.24) is 24.6 Å². The minimum Gasteiger partial charge on any atom is -0.375 e. The van der Waals surface area contributed by atoms with Gasteiger partial charge in [0.25, 0.3) is 5.91 Å². The number of morpholine rings is 1. The molecule has 1 amide bonds. The number of aromatic nitrogens is 3. The molecule has 0 spiro atoms. The van der Waals surface area contributed by atoms with Crippen LogP contribution in [0, 0.1) is 6.92 Å². The Morgan fingerprint density at radius 2 is 2.08 bits per heavy atom. The van der Waals surface area contributed by atoms with Crippen LogP contribution in [0.4, 0.5) is 17.2 Å². The van der Waals surface area contributed by atoms with Gasteiger partial charge in [-0.1, -0.05) is 6.07 Å². The van der Waals surface area contributed by atoms with Crippen LogP contribution in [0.1, 0.15) is 34.1 Å². The van der Waals surface area contributed by atoms with E-state index in [4.69, 9.17) is 9.72 Å². The Hall–Kier alpha value is -3.95. The number of imidazole rings is 1. The summed E-state index contributed by atoms with van der Waals surface area (Å²) in [5, 5.41) is 6.46. The molecular weight excluding hydrogens is 478 g/mol. The molecule has 0 bridgehead atoms. The van der Waals surface area contributed by atoms with Gasteiger partial charge in [-0.2, -0.15) is 0 Å². The normalized spacial score (nSPS) is 17.2. The second-order valence-corrected chi connectivity index (χ2v) is 10.4. The van der Waals surface area contributed by atoms with Crippen LogP contribution in [0.25, 0.3) is 16.9 Å². The Labute approximate surface area is 222 Å². The van der Waals surface area contributed by atoms with Crippen LogP contribution in [-0.4, -0.2) is 65.1 Å². The Kier molecular flexibility index (Phi) is 6.25. The van der Waals surface area contributed by atoms with Crippen LogP contribution >= 0.6 is 0 Å². The van der Waals surface area contributed by atoms with E-state index in [1.54, 1.807) is 0 Å². The number of nitrogens with one attached hydrogen (secondary N) is 2. The first-order chi connectivity index (χ1) is 18.4. The van der Waals surface area contributed by atoms with Crippen LogP contribution < -0.4 is 15.5 Å². The summed E-state index contributed by atoms with van der Waals surface area (Å²) >= 11 is 0. The first-order valence-corrected chi connectivity index (χ1v) is 13.0. The Balaban J connectivity index is 1.36. The van der Waals surface area contributed by atoms with E-state index >= 15 is 0 Å². The third kappa shape index (κ3) is 4.48. The lowest BCUT2D eigenvalue weighted by atomic mass is 9.99. The van der Waals surface area contributed by atoms with E-state index < -0.39 is 0 Å². The maximum atomic E-state index is 13.0. The molecule has 2 N–H and O–H groups in total. The number of hydrogen-bond donors (Lipinski definition) is 2. The molecule has 0 unspecified atom stereocenters. The number of ether oxygens (including phenoxy) is 1. The molecule has 5 heterocycles. The number of aryl methyl sites for hydroxylation is 1. The number of amides is 1. The lowest BCUT2D eigenvalue weighted by Crippen LogP contribution is -2.41. The third-order valence-corrected chi connectivity index (χ3v) is 7.17. The SMILES string of the molecule is Cc1ccn2c(-c3ccc(Nc4ccc(N5CCO[C@H](C)C5)c(CN(C)C)n4)c4c3CNC4=O)cnc2c1. The van der Waals surface area contributed by atoms with E-state index in [0.29, 0.717) is 31.1 Å². The smallest absolute Gasteiger partial charge is 0.254 e. The van der Waals surface area contributed by atoms with Gasteiger partial charge in [0.1, 0.15) is 11.5 Å². The molecule has 0 aliphatic carbocycles. The van der Waals surface area contributed by atoms with Crippen molar-refractivity contribution < 1.29 is 9.53 Å². The van der Waals surface area contributed by atoms with Gasteiger partial charge in [0.15, 0.2) is 0 Å². The van der Waals surface area contributed by atoms with Gasteiger partial charge < -0.3 is 25.2 Å². The third-order valence-electron chi connectivity index (χ3n) is 7.17. The van der Waals surface area contributed by atoms with Crippen LogP contribution in [0.15, 0.2) is 48.8 Å². The zero-order valence-electron chi connectivity index (χ0n) is 22.3. The number of hydrogen-bond acceptors (Lipinski definition) is 7. The van der Waals surface area contributed by atoms with Crippen molar-refractivity contribution in [3.05, 3.63) is 71.2 Å². The van der Waals surface area contributed by atoms with Crippen LogP contribution in [0.2, 0.25) is 0 Å². The maximum Gasteiger partial charge on any atom is 0.254 e. The summed E-state index contributed by atoms with van der Waals surface area (Å²) in [4.78, 5) is 27.1. The van der Waals surface area contributed by atoms with E-state index in [1.165, 1.54) is 0 Å². The molecule has 9 nitrogen and oxygen atoms in total. The molecule has 0 radical (unpaired) electrons. The molecule has 2 aliphatic rings. The summed E-state index contributed by atoms with van der Waals surface area (Å²) in [5.74, 6) is 0.633. The summed E-state index contributed by atoms with van der Waals surface area (Å²) in [7, 11) is 4.09. The van der Waals surface area contributed by atoms with Gasteiger partial charge in [-0.3, -0.25) is 9.20 Å². The Morgan fingerprint density at radius 3 is 2.89 bits per heavy atom. The minimum absolute atomic E-state index is 0.0820. The van der Waals surface area contributed by atoms with Crippen molar-refractivity contribution in [3.63, 3.8) is 0 Å². The molecule has 196 valence electrons. The number of benzene rings is 1. The number of pyridine rings is 2. The van der Waals surface area contributed by atoms with Crippen molar-refractivity contribution in [3.8, 4) is 11.3 Å². The highest BCUT2D eigenvalue weighted by atomic mass is 16.5. The number of fused-ring (bicyclic) bond motifs is 2. The van der Waals surface area contributed by atoms with Crippen LogP contribution in [0.5, 0.6) is 0 Å². The highest BCUT2D eigenvalue weighted by Gasteiger charge is 2.28. The predicted octanol–water partition coefficient (Wildman–Crippen LogP) is 3.98. The summed E-state index contributed by atoms with van der Waals surface area (Å²) in [6, 6.07) is 12.3. The number of nitrogens with zero attached hydrogens (tertiary/aromatic N) is 5. The van der Waals surface area contributed by atoms with Gasteiger partial charge in [0.2, 0.25) is 0 Å². The highest BCUT2D eigenvalue weighted by Crippen LogP contribution is 2.36. The van der Waals surface area contributed by atoms with Crippen LogP contribution in [-0.2, 0) is 17.8 Å². The van der Waals surface area contributed by atoms with Crippen LogP contribution in [0.3, 0.4) is 0 Å². The zero-order chi connectivity index (χ0) is 26.4. The van der Waals surface area contributed by atoms with E-state index in [0.717, 1.165) is 58.2 Å². The van der Waals surface area contributed by atoms with Crippen molar-refractivity contribution in [2.24, 2.45) is 0 Å². The van der Waals surface area contributed by atoms with Crippen molar-refractivity contribution in [2.75, 3.05) is 44.0 Å². The quantitative estimate of drug-likeness (QED) is 0.405. The Bertz CT molecular complexity index is 1530. The second kappa shape index (κ2) is 9.74. The van der Waals surface area contributed by atoms with Crippen molar-refractivity contribution in [2.45, 2.75) is 33.0 Å². The maximum absolute atomic E-state index is 13.0. The molecule has 3 aromatic heterocycles. The fourth-order valence-corrected chi connectivity index (χ4v) is 5.42. The van der Waals surface area contributed by atoms with Gasteiger partial charge >= 0.3 is 0 Å². The van der Waals surface area contributed by atoms with Gasteiger partial charge in [0.05, 0.1) is 47.2 Å². The van der Waals surface area contributed by atoms with Crippen molar-refractivity contribution in [1.29, 1.82) is 0 Å². The summed E-state index contributed by atoms with van der Waals surface area (Å²) in [6.45, 7) is 7.74. The molecule has 0 saturated carbocycles. The number of anilines is 3. The summed E-state index contributed by atoms with van der Waals surface area (Å²) in [5.41, 5.74) is 8.51. The van der Waals surface area contributed by atoms with E-state index in [2.05, 4.69) is 67.9 Å². The first-order valence-electron chi connectivity index (χ1n) is 13.0. The van der Waals surface area contributed by atoms with Gasteiger partial charge in [-0.25, -0.2) is 9.97 Å². The highest BCUT2D eigenvalue weighted by molar-refractivity contribution is 6.06. The molecule has 2 aliphatic heterocycles. The summed E-state index contributed by atoms with van der Waals surface area (Å²) in [6.07, 6.45) is 4.09. The van der Waals surface area contributed by atoms with Gasteiger partial charge in [0, 0.05) is 37.9 Å². The van der Waals surface area contributed by atoms with Crippen molar-refractivity contribution >= 4 is 28.7 Å². The molecular formula is C29H33N7O2. The zero-order valence-corrected chi connectivity index (χ0v) is 22.3. The van der Waals surface area contributed by atoms with E-state index in [1.807, 2.05) is 38.6 Å². The number of carbonyl (C=O) groups excluding carboxylic acids is 1. The average Bonchev–Trinajstić information content (AvgIpc) is 3.48. The molecule has 4 aromatic rings. The molecule has 9 heteroatoms. The number of carbonyl (C=O) groups is 1. The topological polar surface area (TPSA) is 87.0 Å². The van der Waals surface area contributed by atoms with Gasteiger partial charge in [-0.05, 0) is 69.4 Å². The largest absolute Gasteiger partial charge is 0.375 e. The predicted molar refractivity (Wildman–Crippen MR) is 149 cm³/mol. The van der Waals surface area contributed by atoms with E-state index in [-0.39, 0.29) is 12.0 Å². The first kappa shape index (κ1) is 24.4. The number of rotatable bonds is 6. The monoisotopic (exact) mass is 511 g/mol. The van der Waals surface area contributed by atoms with E-state index in [9.17, 15) is 4.79 Å². The fraction of sp³-hybridized carbons (Fsp3) is 0.345. The second-order valence-electron chi connectivity index (χ2n) is 10.4. The molecule has 1 saturated heterocycles. The fourth-order valence-electron chi connectivity index (χ4n) is 5.42.